The number of nitrogens with zero attached hydrogens (tertiary/aromatic N) is 1. The Morgan fingerprint density at radius 3 is 2.65 bits per heavy atom. The van der Waals surface area contributed by atoms with Crippen molar-refractivity contribution in [3.8, 4) is 0 Å². The molecule has 2 N–H and O–H groups in total. The number of hydrogen-bond donors (Lipinski definition) is 2. The third-order valence-electron chi connectivity index (χ3n) is 4.54. The molecule has 2 heterocycles. The van der Waals surface area contributed by atoms with Crippen LogP contribution in [-0.4, -0.2) is 41.0 Å². The molecule has 1 saturated heterocycles. The van der Waals surface area contributed by atoms with Crippen molar-refractivity contribution in [1.29, 1.82) is 0 Å². The molecule has 1 unspecified atom stereocenters. The maximum Gasteiger partial charge on any atom is 0.320 e. The van der Waals surface area contributed by atoms with E-state index in [-0.39, 0.29) is 30.9 Å². The third-order valence-corrected chi connectivity index (χ3v) is 5.48. The third kappa shape index (κ3) is 4.84. The highest BCUT2D eigenvalue weighted by molar-refractivity contribution is 7.10. The van der Waals surface area contributed by atoms with Gasteiger partial charge in [-0.15, -0.1) is 23.7 Å². The number of thiophene rings is 1. The molecule has 7 heteroatoms. The smallest absolute Gasteiger partial charge is 0.320 e. The fraction of sp³-hybridized carbons (Fsp3) is 0.368. The molecule has 3 rings (SSSR count). The fourth-order valence-corrected chi connectivity index (χ4v) is 4.02. The van der Waals surface area contributed by atoms with E-state index in [1.807, 2.05) is 48.7 Å². The van der Waals surface area contributed by atoms with Gasteiger partial charge < -0.3 is 10.4 Å². The summed E-state index contributed by atoms with van der Waals surface area (Å²) in [4.78, 5) is 26.7. The number of hydrogen-bond acceptors (Lipinski definition) is 4. The minimum absolute atomic E-state index is 0. The lowest BCUT2D eigenvalue weighted by Gasteiger charge is -2.23. The maximum atomic E-state index is 12.6. The number of likely N-dealkylation sites (tertiary alicyclic amines) is 1. The number of amides is 1. The first-order valence-electron chi connectivity index (χ1n) is 8.41. The summed E-state index contributed by atoms with van der Waals surface area (Å²) < 4.78 is 0. The second-order valence-corrected chi connectivity index (χ2v) is 7.37. The van der Waals surface area contributed by atoms with Crippen molar-refractivity contribution >= 4 is 35.6 Å². The standard InChI is InChI=1S/C19H22N2O3S.ClH/c1-13-6-8-14(9-7-13)18(16-5-3-11-25-16)20-17(22)12-21-10-2-4-15(21)19(23)24;/h3,5-9,11,15,18H,2,4,10,12H2,1H3,(H,20,22)(H,23,24);1H/t15-,18?;/m1./s1. The van der Waals surface area contributed by atoms with Crippen LogP contribution in [0.3, 0.4) is 0 Å². The Hall–Kier alpha value is -1.89. The SMILES string of the molecule is Cc1ccc(C(NC(=O)CN2CCC[C@@H]2C(=O)O)c2cccs2)cc1.Cl. The predicted molar refractivity (Wildman–Crippen MR) is 105 cm³/mol. The van der Waals surface area contributed by atoms with Crippen LogP contribution in [0.4, 0.5) is 0 Å². The number of benzene rings is 1. The minimum Gasteiger partial charge on any atom is -0.480 e. The number of nitrogens with one attached hydrogen (secondary N) is 1. The molecular weight excluding hydrogens is 372 g/mol. The van der Waals surface area contributed by atoms with E-state index < -0.39 is 12.0 Å². The summed E-state index contributed by atoms with van der Waals surface area (Å²) in [5, 5.41) is 14.3. The van der Waals surface area contributed by atoms with Crippen LogP contribution < -0.4 is 5.32 Å². The molecule has 0 bridgehead atoms. The van der Waals surface area contributed by atoms with Crippen molar-refractivity contribution in [1.82, 2.24) is 10.2 Å². The predicted octanol–water partition coefficient (Wildman–Crippen LogP) is 3.23. The van der Waals surface area contributed by atoms with Gasteiger partial charge in [-0.3, -0.25) is 14.5 Å². The Bertz CT molecular complexity index is 734. The quantitative estimate of drug-likeness (QED) is 0.789. The molecule has 1 aromatic heterocycles. The van der Waals surface area contributed by atoms with E-state index in [2.05, 4.69) is 5.32 Å². The summed E-state index contributed by atoms with van der Waals surface area (Å²) in [6.45, 7) is 2.80. The first kappa shape index (κ1) is 20.4. The first-order valence-corrected chi connectivity index (χ1v) is 9.29. The van der Waals surface area contributed by atoms with E-state index >= 15 is 0 Å². The number of carboxylic acids is 1. The van der Waals surface area contributed by atoms with Gasteiger partial charge in [-0.25, -0.2) is 0 Å². The summed E-state index contributed by atoms with van der Waals surface area (Å²) in [5.41, 5.74) is 2.19. The lowest BCUT2D eigenvalue weighted by Crippen LogP contribution is -2.43. The molecule has 140 valence electrons. The Morgan fingerprint density at radius 1 is 1.31 bits per heavy atom. The van der Waals surface area contributed by atoms with Gasteiger partial charge in [0.15, 0.2) is 0 Å². The van der Waals surface area contributed by atoms with Gasteiger partial charge in [0.2, 0.25) is 5.91 Å². The van der Waals surface area contributed by atoms with Crippen molar-refractivity contribution in [2.75, 3.05) is 13.1 Å². The van der Waals surface area contributed by atoms with Crippen LogP contribution in [0.2, 0.25) is 0 Å². The van der Waals surface area contributed by atoms with E-state index in [1.54, 1.807) is 16.2 Å². The number of rotatable bonds is 6. The highest BCUT2D eigenvalue weighted by Crippen LogP contribution is 2.26. The monoisotopic (exact) mass is 394 g/mol. The van der Waals surface area contributed by atoms with Gasteiger partial charge in [0, 0.05) is 4.88 Å². The molecular formula is C19H23ClN2O3S. The Labute approximate surface area is 163 Å². The largest absolute Gasteiger partial charge is 0.480 e. The van der Waals surface area contributed by atoms with Crippen LogP contribution in [-0.2, 0) is 9.59 Å². The zero-order valence-corrected chi connectivity index (χ0v) is 16.2. The van der Waals surface area contributed by atoms with Gasteiger partial charge in [0.1, 0.15) is 6.04 Å². The molecule has 2 atom stereocenters. The van der Waals surface area contributed by atoms with Crippen LogP contribution in [0.25, 0.3) is 0 Å². The minimum atomic E-state index is -0.848. The lowest BCUT2D eigenvalue weighted by atomic mass is 10.0. The zero-order valence-electron chi connectivity index (χ0n) is 14.6. The summed E-state index contributed by atoms with van der Waals surface area (Å²) in [6.07, 6.45) is 1.42. The second kappa shape index (κ2) is 9.16. The second-order valence-electron chi connectivity index (χ2n) is 6.39. The highest BCUT2D eigenvalue weighted by Gasteiger charge is 2.32. The number of halogens is 1. The van der Waals surface area contributed by atoms with Crippen molar-refractivity contribution in [3.05, 3.63) is 57.8 Å². The molecule has 1 fully saturated rings. The molecule has 1 aliphatic heterocycles. The summed E-state index contributed by atoms with van der Waals surface area (Å²) >= 11 is 1.60. The van der Waals surface area contributed by atoms with Crippen LogP contribution in [0, 0.1) is 6.92 Å². The summed E-state index contributed by atoms with van der Waals surface area (Å²) in [5.74, 6) is -0.995. The molecule has 0 saturated carbocycles. The highest BCUT2D eigenvalue weighted by atomic mass is 35.5. The van der Waals surface area contributed by atoms with E-state index in [9.17, 15) is 14.7 Å². The van der Waals surface area contributed by atoms with Gasteiger partial charge in [0.25, 0.3) is 0 Å². The van der Waals surface area contributed by atoms with Crippen LogP contribution in [0.5, 0.6) is 0 Å². The number of carboxylic acid groups (broad SMARTS) is 1. The topological polar surface area (TPSA) is 69.6 Å². The van der Waals surface area contributed by atoms with E-state index in [1.165, 1.54) is 5.56 Å². The molecule has 0 spiro atoms. The van der Waals surface area contributed by atoms with Crippen LogP contribution in [0.15, 0.2) is 41.8 Å². The van der Waals surface area contributed by atoms with E-state index in [0.717, 1.165) is 16.9 Å². The molecule has 26 heavy (non-hydrogen) atoms. The number of carbonyl (C=O) groups is 2. The number of aliphatic carboxylic acids is 1. The molecule has 1 aliphatic rings. The molecule has 1 aromatic carbocycles. The maximum absolute atomic E-state index is 12.6. The van der Waals surface area contributed by atoms with Gasteiger partial charge >= 0.3 is 5.97 Å². The Morgan fingerprint density at radius 2 is 2.04 bits per heavy atom. The first-order chi connectivity index (χ1) is 12.0. The fourth-order valence-electron chi connectivity index (χ4n) is 3.22. The van der Waals surface area contributed by atoms with Gasteiger partial charge in [0.05, 0.1) is 12.6 Å². The van der Waals surface area contributed by atoms with Crippen molar-refractivity contribution < 1.29 is 14.7 Å². The average molecular weight is 395 g/mol. The Balaban J connectivity index is 0.00000243. The zero-order chi connectivity index (χ0) is 17.8. The number of carbonyl (C=O) groups excluding carboxylic acids is 1. The van der Waals surface area contributed by atoms with Crippen molar-refractivity contribution in [2.45, 2.75) is 31.8 Å². The van der Waals surface area contributed by atoms with E-state index in [0.29, 0.717) is 13.0 Å². The molecule has 5 nitrogen and oxygen atoms in total. The van der Waals surface area contributed by atoms with Crippen molar-refractivity contribution in [3.63, 3.8) is 0 Å². The molecule has 0 radical (unpaired) electrons. The number of aryl methyl sites for hydroxylation is 1. The average Bonchev–Trinajstić information content (AvgIpc) is 3.25. The van der Waals surface area contributed by atoms with Gasteiger partial charge in [-0.1, -0.05) is 35.9 Å². The van der Waals surface area contributed by atoms with Crippen LogP contribution in [0.1, 0.15) is 34.9 Å². The van der Waals surface area contributed by atoms with Crippen molar-refractivity contribution in [2.24, 2.45) is 0 Å². The lowest BCUT2D eigenvalue weighted by molar-refractivity contribution is -0.142. The molecule has 1 amide bonds. The van der Waals surface area contributed by atoms with E-state index in [4.69, 9.17) is 0 Å². The van der Waals surface area contributed by atoms with Gasteiger partial charge in [-0.05, 0) is 43.3 Å². The van der Waals surface area contributed by atoms with Gasteiger partial charge in [-0.2, -0.15) is 0 Å². The summed E-state index contributed by atoms with van der Waals surface area (Å²) in [6, 6.07) is 11.3. The van der Waals surface area contributed by atoms with Crippen LogP contribution >= 0.6 is 23.7 Å². The Kier molecular flexibility index (Phi) is 7.20. The summed E-state index contributed by atoms with van der Waals surface area (Å²) in [7, 11) is 0. The molecule has 2 aromatic rings. The molecule has 0 aliphatic carbocycles. The normalized spacial score (nSPS) is 18.1.